The van der Waals surface area contributed by atoms with E-state index >= 15 is 0 Å². The van der Waals surface area contributed by atoms with Crippen LogP contribution in [0.2, 0.25) is 5.02 Å². The molecule has 0 aliphatic carbocycles. The van der Waals surface area contributed by atoms with E-state index in [2.05, 4.69) is 23.6 Å². The number of amides is 1. The van der Waals surface area contributed by atoms with Crippen molar-refractivity contribution >= 4 is 17.5 Å². The van der Waals surface area contributed by atoms with Crippen LogP contribution in [0.15, 0.2) is 24.3 Å². The maximum absolute atomic E-state index is 11.5. The van der Waals surface area contributed by atoms with Gasteiger partial charge in [-0.1, -0.05) is 23.7 Å². The van der Waals surface area contributed by atoms with Crippen molar-refractivity contribution < 1.29 is 4.79 Å². The van der Waals surface area contributed by atoms with Crippen LogP contribution in [0.5, 0.6) is 0 Å². The van der Waals surface area contributed by atoms with E-state index in [-0.39, 0.29) is 18.0 Å². The molecule has 2 unspecified atom stereocenters. The fourth-order valence-electron chi connectivity index (χ4n) is 2.34. The minimum absolute atomic E-state index is 0.142. The quantitative estimate of drug-likeness (QED) is 0.883. The Morgan fingerprint density at radius 3 is 3.11 bits per heavy atom. The zero-order chi connectivity index (χ0) is 13.0. The van der Waals surface area contributed by atoms with Gasteiger partial charge >= 0.3 is 0 Å². The van der Waals surface area contributed by atoms with Crippen molar-refractivity contribution in [3.05, 3.63) is 34.9 Å². The smallest absolute Gasteiger partial charge is 0.221 e. The molecule has 1 saturated heterocycles. The van der Waals surface area contributed by atoms with E-state index in [1.165, 1.54) is 0 Å². The van der Waals surface area contributed by atoms with E-state index in [9.17, 15) is 4.79 Å². The molecule has 1 aromatic carbocycles. The SMILES string of the molecule is CC(NC1CCCNC(=O)C1)c1cccc(Cl)c1. The van der Waals surface area contributed by atoms with Gasteiger partial charge in [-0.25, -0.2) is 0 Å². The molecule has 1 aliphatic heterocycles. The highest BCUT2D eigenvalue weighted by Gasteiger charge is 2.19. The van der Waals surface area contributed by atoms with Crippen molar-refractivity contribution in [1.82, 2.24) is 10.6 Å². The Morgan fingerprint density at radius 1 is 1.50 bits per heavy atom. The molecule has 0 radical (unpaired) electrons. The Kier molecular flexibility index (Phi) is 4.61. The van der Waals surface area contributed by atoms with Crippen LogP contribution >= 0.6 is 11.6 Å². The molecule has 2 rings (SSSR count). The van der Waals surface area contributed by atoms with Crippen molar-refractivity contribution in [1.29, 1.82) is 0 Å². The first kappa shape index (κ1) is 13.4. The van der Waals surface area contributed by atoms with E-state index in [1.807, 2.05) is 18.2 Å². The predicted molar refractivity (Wildman–Crippen MR) is 73.7 cm³/mol. The second-order valence-electron chi connectivity index (χ2n) is 4.84. The highest BCUT2D eigenvalue weighted by atomic mass is 35.5. The maximum atomic E-state index is 11.5. The maximum Gasteiger partial charge on any atom is 0.221 e. The molecule has 1 fully saturated rings. The summed E-state index contributed by atoms with van der Waals surface area (Å²) in [6.45, 7) is 2.90. The van der Waals surface area contributed by atoms with Crippen molar-refractivity contribution in [2.75, 3.05) is 6.54 Å². The number of carbonyl (C=O) groups is 1. The predicted octanol–water partition coefficient (Wildman–Crippen LogP) is 2.66. The molecule has 3 nitrogen and oxygen atoms in total. The Hall–Kier alpha value is -1.06. The summed E-state index contributed by atoms with van der Waals surface area (Å²) in [6, 6.07) is 8.31. The van der Waals surface area contributed by atoms with E-state index in [4.69, 9.17) is 11.6 Å². The molecule has 1 aliphatic rings. The third kappa shape index (κ3) is 3.72. The molecule has 2 atom stereocenters. The molecule has 0 saturated carbocycles. The number of rotatable bonds is 3. The Labute approximate surface area is 113 Å². The zero-order valence-electron chi connectivity index (χ0n) is 10.6. The van der Waals surface area contributed by atoms with E-state index in [0.29, 0.717) is 6.42 Å². The van der Waals surface area contributed by atoms with Gasteiger partial charge in [0.2, 0.25) is 5.91 Å². The van der Waals surface area contributed by atoms with Crippen LogP contribution in [0.4, 0.5) is 0 Å². The number of hydrogen-bond donors (Lipinski definition) is 2. The van der Waals surface area contributed by atoms with Crippen molar-refractivity contribution in [3.63, 3.8) is 0 Å². The minimum Gasteiger partial charge on any atom is -0.356 e. The van der Waals surface area contributed by atoms with Gasteiger partial charge in [0.05, 0.1) is 0 Å². The van der Waals surface area contributed by atoms with Crippen LogP contribution in [0.3, 0.4) is 0 Å². The largest absolute Gasteiger partial charge is 0.356 e. The van der Waals surface area contributed by atoms with E-state index < -0.39 is 0 Å². The van der Waals surface area contributed by atoms with Crippen molar-refractivity contribution in [2.24, 2.45) is 0 Å². The number of nitrogens with one attached hydrogen (secondary N) is 2. The van der Waals surface area contributed by atoms with Crippen LogP contribution < -0.4 is 10.6 Å². The lowest BCUT2D eigenvalue weighted by Crippen LogP contribution is -2.34. The molecule has 18 heavy (non-hydrogen) atoms. The lowest BCUT2D eigenvalue weighted by molar-refractivity contribution is -0.121. The molecule has 1 amide bonds. The first-order valence-corrected chi connectivity index (χ1v) is 6.81. The average Bonchev–Trinajstić information content (AvgIpc) is 2.53. The second kappa shape index (κ2) is 6.21. The van der Waals surface area contributed by atoms with Gasteiger partial charge < -0.3 is 10.6 Å². The van der Waals surface area contributed by atoms with Gasteiger partial charge in [0.15, 0.2) is 0 Å². The summed E-state index contributed by atoms with van der Waals surface area (Å²) in [5.41, 5.74) is 1.16. The third-order valence-corrected chi connectivity index (χ3v) is 3.55. The monoisotopic (exact) mass is 266 g/mol. The van der Waals surface area contributed by atoms with Gasteiger partial charge in [-0.15, -0.1) is 0 Å². The first-order chi connectivity index (χ1) is 8.65. The molecule has 0 bridgehead atoms. The summed E-state index contributed by atoms with van der Waals surface area (Å²) >= 11 is 5.99. The number of hydrogen-bond acceptors (Lipinski definition) is 2. The molecular formula is C14H19ClN2O. The van der Waals surface area contributed by atoms with Gasteiger partial charge in [-0.3, -0.25) is 4.79 Å². The Bertz CT molecular complexity index is 422. The number of halogens is 1. The van der Waals surface area contributed by atoms with Crippen LogP contribution in [-0.4, -0.2) is 18.5 Å². The second-order valence-corrected chi connectivity index (χ2v) is 5.27. The molecule has 1 aromatic rings. The Morgan fingerprint density at radius 2 is 2.33 bits per heavy atom. The molecule has 2 N–H and O–H groups in total. The fraction of sp³-hybridized carbons (Fsp3) is 0.500. The minimum atomic E-state index is 0.142. The third-order valence-electron chi connectivity index (χ3n) is 3.32. The van der Waals surface area contributed by atoms with Crippen LogP contribution in [0.25, 0.3) is 0 Å². The molecule has 1 heterocycles. The van der Waals surface area contributed by atoms with Gasteiger partial charge in [0.25, 0.3) is 0 Å². The standard InChI is InChI=1S/C14H19ClN2O/c1-10(11-4-2-5-12(15)8-11)17-13-6-3-7-16-14(18)9-13/h2,4-5,8,10,13,17H,3,6-7,9H2,1H3,(H,16,18). The number of carbonyl (C=O) groups excluding carboxylic acids is 1. The summed E-state index contributed by atoms with van der Waals surface area (Å²) < 4.78 is 0. The van der Waals surface area contributed by atoms with Gasteiger partial charge in [-0.05, 0) is 37.5 Å². The topological polar surface area (TPSA) is 41.1 Å². The van der Waals surface area contributed by atoms with Crippen LogP contribution in [0, 0.1) is 0 Å². The summed E-state index contributed by atoms with van der Waals surface area (Å²) in [7, 11) is 0. The molecule has 4 heteroatoms. The molecule has 98 valence electrons. The summed E-state index contributed by atoms with van der Waals surface area (Å²) in [4.78, 5) is 11.5. The van der Waals surface area contributed by atoms with Gasteiger partial charge in [0.1, 0.15) is 0 Å². The van der Waals surface area contributed by atoms with Crippen molar-refractivity contribution in [2.45, 2.75) is 38.3 Å². The normalized spacial score (nSPS) is 22.1. The average molecular weight is 267 g/mol. The molecule has 0 aromatic heterocycles. The van der Waals surface area contributed by atoms with Gasteiger partial charge in [0, 0.05) is 30.1 Å². The van der Waals surface area contributed by atoms with Gasteiger partial charge in [-0.2, -0.15) is 0 Å². The van der Waals surface area contributed by atoms with Crippen LogP contribution in [-0.2, 0) is 4.79 Å². The summed E-state index contributed by atoms with van der Waals surface area (Å²) in [6.07, 6.45) is 2.63. The summed E-state index contributed by atoms with van der Waals surface area (Å²) in [5, 5.41) is 7.16. The zero-order valence-corrected chi connectivity index (χ0v) is 11.3. The highest BCUT2D eigenvalue weighted by molar-refractivity contribution is 6.30. The fourth-order valence-corrected chi connectivity index (χ4v) is 2.54. The summed E-state index contributed by atoms with van der Waals surface area (Å²) in [5.74, 6) is 0.142. The lowest BCUT2D eigenvalue weighted by atomic mass is 10.0. The van der Waals surface area contributed by atoms with E-state index in [1.54, 1.807) is 0 Å². The molecular weight excluding hydrogens is 248 g/mol. The van der Waals surface area contributed by atoms with Crippen molar-refractivity contribution in [3.8, 4) is 0 Å². The molecule has 0 spiro atoms. The lowest BCUT2D eigenvalue weighted by Gasteiger charge is -2.21. The Balaban J connectivity index is 1.97. The first-order valence-electron chi connectivity index (χ1n) is 6.43. The highest BCUT2D eigenvalue weighted by Crippen LogP contribution is 2.19. The van der Waals surface area contributed by atoms with E-state index in [0.717, 1.165) is 30.0 Å². The van der Waals surface area contributed by atoms with Crippen LogP contribution in [0.1, 0.15) is 37.8 Å². The number of benzene rings is 1.